The molecule has 0 aliphatic heterocycles. The lowest BCUT2D eigenvalue weighted by Crippen LogP contribution is -1.99. The Kier molecular flexibility index (Phi) is 3.48. The fourth-order valence-electron chi connectivity index (χ4n) is 2.34. The third kappa shape index (κ3) is 2.67. The van der Waals surface area contributed by atoms with Gasteiger partial charge in [-0.3, -0.25) is 4.79 Å². The van der Waals surface area contributed by atoms with Crippen molar-refractivity contribution in [2.45, 2.75) is 0 Å². The standard InChI is InChI=1S/C18H10ClNO2S/c19-13-6-7-15-12(8-13)9-16(22-15)17(21)14-10-23-18(20-14)11-4-2-1-3-5-11/h1-10H. The second kappa shape index (κ2) is 5.65. The average Bonchev–Trinajstić information content (AvgIpc) is 3.21. The molecule has 2 aromatic carbocycles. The second-order valence-corrected chi connectivity index (χ2v) is 6.32. The van der Waals surface area contributed by atoms with Gasteiger partial charge < -0.3 is 4.42 Å². The molecule has 4 rings (SSSR count). The van der Waals surface area contributed by atoms with Crippen molar-refractivity contribution < 1.29 is 9.21 Å². The SMILES string of the molecule is O=C(c1csc(-c2ccccc2)n1)c1cc2cc(Cl)ccc2o1. The molecule has 0 fully saturated rings. The van der Waals surface area contributed by atoms with Crippen LogP contribution in [0.4, 0.5) is 0 Å². The molecule has 0 bridgehead atoms. The maximum Gasteiger partial charge on any atom is 0.247 e. The van der Waals surface area contributed by atoms with Gasteiger partial charge in [0, 0.05) is 21.4 Å². The fraction of sp³-hybridized carbons (Fsp3) is 0. The Morgan fingerprint density at radius 3 is 2.74 bits per heavy atom. The minimum Gasteiger partial charge on any atom is -0.453 e. The smallest absolute Gasteiger partial charge is 0.247 e. The molecule has 23 heavy (non-hydrogen) atoms. The summed E-state index contributed by atoms with van der Waals surface area (Å²) in [4.78, 5) is 17.0. The number of ketones is 1. The van der Waals surface area contributed by atoms with E-state index in [1.54, 1.807) is 29.6 Å². The second-order valence-electron chi connectivity index (χ2n) is 5.03. The van der Waals surface area contributed by atoms with Gasteiger partial charge in [0.1, 0.15) is 16.3 Å². The van der Waals surface area contributed by atoms with Crippen LogP contribution in [0.3, 0.4) is 0 Å². The molecule has 0 saturated carbocycles. The van der Waals surface area contributed by atoms with Crippen molar-refractivity contribution in [2.24, 2.45) is 0 Å². The van der Waals surface area contributed by atoms with E-state index in [1.165, 1.54) is 11.3 Å². The van der Waals surface area contributed by atoms with Gasteiger partial charge in [-0.15, -0.1) is 11.3 Å². The number of thiazole rings is 1. The van der Waals surface area contributed by atoms with E-state index >= 15 is 0 Å². The van der Waals surface area contributed by atoms with Crippen molar-refractivity contribution in [1.82, 2.24) is 4.98 Å². The van der Waals surface area contributed by atoms with E-state index in [0.717, 1.165) is 16.0 Å². The van der Waals surface area contributed by atoms with Gasteiger partial charge in [0.2, 0.25) is 5.78 Å². The van der Waals surface area contributed by atoms with Gasteiger partial charge in [-0.05, 0) is 24.3 Å². The van der Waals surface area contributed by atoms with E-state index in [9.17, 15) is 4.79 Å². The normalized spacial score (nSPS) is 11.0. The summed E-state index contributed by atoms with van der Waals surface area (Å²) in [5, 5.41) is 3.98. The molecule has 0 radical (unpaired) electrons. The zero-order valence-corrected chi connectivity index (χ0v) is 13.4. The predicted octanol–water partition coefficient (Wildman–Crippen LogP) is 5.44. The molecule has 0 unspecified atom stereocenters. The molecule has 4 aromatic rings. The summed E-state index contributed by atoms with van der Waals surface area (Å²) >= 11 is 7.40. The van der Waals surface area contributed by atoms with Crippen molar-refractivity contribution >= 4 is 39.7 Å². The lowest BCUT2D eigenvalue weighted by Gasteiger charge is -1.94. The molecule has 0 amide bonds. The molecule has 3 nitrogen and oxygen atoms in total. The van der Waals surface area contributed by atoms with Crippen LogP contribution >= 0.6 is 22.9 Å². The van der Waals surface area contributed by atoms with Crippen LogP contribution in [0, 0.1) is 0 Å². The Balaban J connectivity index is 1.69. The summed E-state index contributed by atoms with van der Waals surface area (Å²) < 4.78 is 5.61. The molecule has 0 aliphatic rings. The number of aromatic nitrogens is 1. The van der Waals surface area contributed by atoms with Gasteiger partial charge >= 0.3 is 0 Å². The third-order valence-electron chi connectivity index (χ3n) is 3.46. The van der Waals surface area contributed by atoms with E-state index in [1.807, 2.05) is 30.3 Å². The molecule has 0 aliphatic carbocycles. The molecule has 2 heterocycles. The molecule has 0 spiro atoms. The van der Waals surface area contributed by atoms with Gasteiger partial charge in [0.05, 0.1) is 0 Å². The number of nitrogens with zero attached hydrogens (tertiary/aromatic N) is 1. The minimum atomic E-state index is -0.226. The maximum atomic E-state index is 12.6. The van der Waals surface area contributed by atoms with Crippen molar-refractivity contribution in [3.63, 3.8) is 0 Å². The highest BCUT2D eigenvalue weighted by atomic mass is 35.5. The number of rotatable bonds is 3. The highest BCUT2D eigenvalue weighted by Crippen LogP contribution is 2.27. The molecule has 0 N–H and O–H groups in total. The first kappa shape index (κ1) is 14.2. The highest BCUT2D eigenvalue weighted by Gasteiger charge is 2.18. The number of hydrogen-bond donors (Lipinski definition) is 0. The summed E-state index contributed by atoms with van der Waals surface area (Å²) in [7, 11) is 0. The summed E-state index contributed by atoms with van der Waals surface area (Å²) in [6.07, 6.45) is 0. The van der Waals surface area contributed by atoms with Crippen LogP contribution in [-0.2, 0) is 0 Å². The molecule has 112 valence electrons. The van der Waals surface area contributed by atoms with Crippen molar-refractivity contribution in [3.05, 3.63) is 76.5 Å². The van der Waals surface area contributed by atoms with E-state index in [2.05, 4.69) is 4.98 Å². The first-order valence-electron chi connectivity index (χ1n) is 6.95. The van der Waals surface area contributed by atoms with Crippen LogP contribution in [0.15, 0.2) is 64.4 Å². The number of carbonyl (C=O) groups is 1. The Labute approximate surface area is 141 Å². The van der Waals surface area contributed by atoms with Gasteiger partial charge in [0.25, 0.3) is 0 Å². The van der Waals surface area contributed by atoms with Gasteiger partial charge in [-0.1, -0.05) is 41.9 Å². The summed E-state index contributed by atoms with van der Waals surface area (Å²) in [6, 6.07) is 16.7. The quantitative estimate of drug-likeness (QED) is 0.467. The monoisotopic (exact) mass is 339 g/mol. The molecule has 0 atom stereocenters. The number of benzene rings is 2. The van der Waals surface area contributed by atoms with Gasteiger partial charge in [0.15, 0.2) is 5.76 Å². The van der Waals surface area contributed by atoms with E-state index in [0.29, 0.717) is 16.3 Å². The molecular weight excluding hydrogens is 330 g/mol. The number of carbonyl (C=O) groups excluding carboxylic acids is 1. The average molecular weight is 340 g/mol. The number of halogens is 1. The first-order valence-corrected chi connectivity index (χ1v) is 8.21. The predicted molar refractivity (Wildman–Crippen MR) is 92.2 cm³/mol. The Bertz CT molecular complexity index is 1000. The van der Waals surface area contributed by atoms with E-state index in [4.69, 9.17) is 16.0 Å². The number of furan rings is 1. The minimum absolute atomic E-state index is 0.226. The van der Waals surface area contributed by atoms with Crippen LogP contribution < -0.4 is 0 Å². The van der Waals surface area contributed by atoms with Gasteiger partial charge in [-0.25, -0.2) is 4.98 Å². The Morgan fingerprint density at radius 1 is 1.09 bits per heavy atom. The Hall–Kier alpha value is -2.43. The topological polar surface area (TPSA) is 43.1 Å². The van der Waals surface area contributed by atoms with Crippen LogP contribution in [0.5, 0.6) is 0 Å². The van der Waals surface area contributed by atoms with Crippen LogP contribution in [0.2, 0.25) is 5.02 Å². The van der Waals surface area contributed by atoms with E-state index in [-0.39, 0.29) is 11.5 Å². The summed E-state index contributed by atoms with van der Waals surface area (Å²) in [6.45, 7) is 0. The lowest BCUT2D eigenvalue weighted by molar-refractivity contribution is 0.101. The van der Waals surface area contributed by atoms with E-state index < -0.39 is 0 Å². The van der Waals surface area contributed by atoms with Crippen LogP contribution in [0.1, 0.15) is 16.2 Å². The van der Waals surface area contributed by atoms with Crippen molar-refractivity contribution in [2.75, 3.05) is 0 Å². The fourth-order valence-corrected chi connectivity index (χ4v) is 3.33. The molecular formula is C18H10ClNO2S. The lowest BCUT2D eigenvalue weighted by atomic mass is 10.2. The highest BCUT2D eigenvalue weighted by molar-refractivity contribution is 7.13. The van der Waals surface area contributed by atoms with Crippen molar-refractivity contribution in [3.8, 4) is 10.6 Å². The summed E-state index contributed by atoms with van der Waals surface area (Å²) in [5.41, 5.74) is 2.02. The van der Waals surface area contributed by atoms with Crippen molar-refractivity contribution in [1.29, 1.82) is 0 Å². The zero-order valence-electron chi connectivity index (χ0n) is 11.8. The zero-order chi connectivity index (χ0) is 15.8. The molecule has 0 saturated heterocycles. The molecule has 2 aromatic heterocycles. The number of hydrogen-bond acceptors (Lipinski definition) is 4. The molecule has 5 heteroatoms. The third-order valence-corrected chi connectivity index (χ3v) is 4.59. The summed E-state index contributed by atoms with van der Waals surface area (Å²) in [5.74, 6) is 0.0444. The van der Waals surface area contributed by atoms with Crippen LogP contribution in [0.25, 0.3) is 21.5 Å². The largest absolute Gasteiger partial charge is 0.453 e. The number of fused-ring (bicyclic) bond motifs is 1. The maximum absolute atomic E-state index is 12.6. The van der Waals surface area contributed by atoms with Gasteiger partial charge in [-0.2, -0.15) is 0 Å². The first-order chi connectivity index (χ1) is 11.2. The Morgan fingerprint density at radius 2 is 1.91 bits per heavy atom. The van der Waals surface area contributed by atoms with Crippen LogP contribution in [-0.4, -0.2) is 10.8 Å².